The minimum Gasteiger partial charge on any atom is -0.482 e. The summed E-state index contributed by atoms with van der Waals surface area (Å²) in [6.07, 6.45) is 5.29. The van der Waals surface area contributed by atoms with Crippen molar-refractivity contribution in [1.29, 1.82) is 0 Å². The van der Waals surface area contributed by atoms with E-state index in [9.17, 15) is 18.0 Å². The van der Waals surface area contributed by atoms with Crippen molar-refractivity contribution in [2.75, 3.05) is 18.5 Å². The molecule has 152 valence electrons. The van der Waals surface area contributed by atoms with Crippen molar-refractivity contribution in [3.8, 4) is 5.75 Å². The van der Waals surface area contributed by atoms with Crippen molar-refractivity contribution in [2.45, 2.75) is 62.4 Å². The Bertz CT molecular complexity index is 908. The fourth-order valence-corrected chi connectivity index (χ4v) is 6.16. The van der Waals surface area contributed by atoms with E-state index < -0.39 is 16.1 Å². The van der Waals surface area contributed by atoms with Gasteiger partial charge < -0.3 is 15.4 Å². The predicted octanol–water partition coefficient (Wildman–Crippen LogP) is 1.54. The molecule has 8 nitrogen and oxygen atoms in total. The minimum atomic E-state index is -3.86. The third kappa shape index (κ3) is 3.48. The Morgan fingerprint density at radius 3 is 2.71 bits per heavy atom. The smallest absolute Gasteiger partial charge is 0.262 e. The van der Waals surface area contributed by atoms with Gasteiger partial charge in [-0.05, 0) is 44.2 Å². The minimum absolute atomic E-state index is 0.114. The third-order valence-electron chi connectivity index (χ3n) is 5.70. The Morgan fingerprint density at radius 1 is 1.21 bits per heavy atom. The van der Waals surface area contributed by atoms with Crippen LogP contribution in [0.1, 0.15) is 44.1 Å². The molecule has 2 N–H and O–H groups in total. The quantitative estimate of drug-likeness (QED) is 0.788. The van der Waals surface area contributed by atoms with Crippen LogP contribution in [0.15, 0.2) is 17.0 Å². The molecule has 2 amide bonds. The number of nitrogens with one attached hydrogen (secondary N) is 2. The fraction of sp³-hybridized carbons (Fsp3) is 0.579. The van der Waals surface area contributed by atoms with E-state index in [4.69, 9.17) is 4.74 Å². The van der Waals surface area contributed by atoms with Gasteiger partial charge in [-0.1, -0.05) is 12.8 Å². The van der Waals surface area contributed by atoms with Crippen molar-refractivity contribution < 1.29 is 22.7 Å². The number of ether oxygens (including phenoxy) is 1. The highest BCUT2D eigenvalue weighted by molar-refractivity contribution is 7.89. The first-order valence-corrected chi connectivity index (χ1v) is 11.2. The van der Waals surface area contributed by atoms with Crippen LogP contribution in [-0.4, -0.2) is 49.8 Å². The average Bonchev–Trinajstić information content (AvgIpc) is 3.32. The van der Waals surface area contributed by atoms with E-state index in [1.807, 2.05) is 0 Å². The van der Waals surface area contributed by atoms with Crippen LogP contribution in [0.25, 0.3) is 0 Å². The summed E-state index contributed by atoms with van der Waals surface area (Å²) < 4.78 is 33.4. The molecular formula is C19H25N3O5S. The summed E-state index contributed by atoms with van der Waals surface area (Å²) in [5, 5.41) is 5.71. The molecule has 1 saturated heterocycles. The SMILES string of the molecule is Cc1cc2c(cc1S(=O)(=O)N1CCC[C@@H]1C(=O)NC1CCCC1)OCC(=O)N2. The fourth-order valence-electron chi connectivity index (χ4n) is 4.28. The second kappa shape index (κ2) is 7.36. The van der Waals surface area contributed by atoms with E-state index in [1.165, 1.54) is 10.4 Å². The highest BCUT2D eigenvalue weighted by Crippen LogP contribution is 2.36. The molecule has 0 bridgehead atoms. The van der Waals surface area contributed by atoms with Crippen LogP contribution in [0.5, 0.6) is 5.75 Å². The van der Waals surface area contributed by atoms with Crippen molar-refractivity contribution >= 4 is 27.5 Å². The van der Waals surface area contributed by atoms with Crippen LogP contribution in [-0.2, 0) is 19.6 Å². The number of hydrogen-bond acceptors (Lipinski definition) is 5. The van der Waals surface area contributed by atoms with Crippen LogP contribution in [0.3, 0.4) is 0 Å². The Balaban J connectivity index is 1.60. The monoisotopic (exact) mass is 407 g/mol. The highest BCUT2D eigenvalue weighted by Gasteiger charge is 2.41. The summed E-state index contributed by atoms with van der Waals surface area (Å²) in [4.78, 5) is 24.3. The van der Waals surface area contributed by atoms with Gasteiger partial charge in [0.25, 0.3) is 5.91 Å². The van der Waals surface area contributed by atoms with Crippen LogP contribution >= 0.6 is 0 Å². The van der Waals surface area contributed by atoms with Gasteiger partial charge in [0.2, 0.25) is 15.9 Å². The number of carbonyl (C=O) groups is 2. The maximum Gasteiger partial charge on any atom is 0.262 e. The van der Waals surface area contributed by atoms with Crippen LogP contribution in [0.2, 0.25) is 0 Å². The molecule has 2 fully saturated rings. The molecular weight excluding hydrogens is 382 g/mol. The lowest BCUT2D eigenvalue weighted by Crippen LogP contribution is -2.48. The largest absolute Gasteiger partial charge is 0.482 e. The molecule has 4 rings (SSSR count). The lowest BCUT2D eigenvalue weighted by atomic mass is 10.2. The van der Waals surface area contributed by atoms with Crippen molar-refractivity contribution in [2.24, 2.45) is 0 Å². The van der Waals surface area contributed by atoms with E-state index in [0.29, 0.717) is 36.4 Å². The standard InChI is InChI=1S/C19H25N3O5S/c1-12-9-14-16(27-11-18(23)21-14)10-17(12)28(25,26)22-8-4-7-15(22)19(24)20-13-5-2-3-6-13/h9-10,13,15H,2-8,11H2,1H3,(H,20,24)(H,21,23)/t15-/m1/s1. The van der Waals surface area contributed by atoms with Crippen LogP contribution < -0.4 is 15.4 Å². The molecule has 0 unspecified atom stereocenters. The van der Waals surface area contributed by atoms with Crippen LogP contribution in [0.4, 0.5) is 5.69 Å². The molecule has 2 heterocycles. The second-order valence-corrected chi connectivity index (χ2v) is 9.57. The number of benzene rings is 1. The lowest BCUT2D eigenvalue weighted by molar-refractivity contribution is -0.125. The molecule has 1 aliphatic carbocycles. The number of carbonyl (C=O) groups excluding carboxylic acids is 2. The van der Waals surface area contributed by atoms with Gasteiger partial charge in [0, 0.05) is 18.7 Å². The van der Waals surface area contributed by atoms with E-state index in [2.05, 4.69) is 10.6 Å². The molecule has 0 spiro atoms. The van der Waals surface area contributed by atoms with Gasteiger partial charge in [0.1, 0.15) is 11.8 Å². The van der Waals surface area contributed by atoms with Crippen molar-refractivity contribution in [3.63, 3.8) is 0 Å². The first kappa shape index (κ1) is 19.2. The molecule has 0 aromatic heterocycles. The van der Waals surface area contributed by atoms with Gasteiger partial charge in [-0.3, -0.25) is 9.59 Å². The summed E-state index contributed by atoms with van der Waals surface area (Å²) in [5.74, 6) is -0.146. The average molecular weight is 407 g/mol. The predicted molar refractivity (Wildman–Crippen MR) is 103 cm³/mol. The van der Waals surface area contributed by atoms with Gasteiger partial charge >= 0.3 is 0 Å². The Hall–Kier alpha value is -2.13. The van der Waals surface area contributed by atoms with E-state index in [-0.39, 0.29) is 29.4 Å². The molecule has 1 aromatic carbocycles. The van der Waals surface area contributed by atoms with E-state index in [0.717, 1.165) is 25.7 Å². The van der Waals surface area contributed by atoms with Crippen molar-refractivity contribution in [3.05, 3.63) is 17.7 Å². The Kier molecular flexibility index (Phi) is 5.05. The Morgan fingerprint density at radius 2 is 1.96 bits per heavy atom. The zero-order valence-corrected chi connectivity index (χ0v) is 16.7. The summed E-state index contributed by atoms with van der Waals surface area (Å²) in [6, 6.07) is 2.52. The maximum absolute atomic E-state index is 13.4. The van der Waals surface area contributed by atoms with Gasteiger partial charge in [0.05, 0.1) is 10.6 Å². The van der Waals surface area contributed by atoms with Gasteiger partial charge in [-0.15, -0.1) is 0 Å². The summed E-state index contributed by atoms with van der Waals surface area (Å²) in [5.41, 5.74) is 0.969. The molecule has 2 aliphatic heterocycles. The number of fused-ring (bicyclic) bond motifs is 1. The first-order valence-electron chi connectivity index (χ1n) is 9.76. The van der Waals surface area contributed by atoms with Gasteiger partial charge in [-0.2, -0.15) is 4.31 Å². The summed E-state index contributed by atoms with van der Waals surface area (Å²) >= 11 is 0. The molecule has 3 aliphatic rings. The van der Waals surface area contributed by atoms with Gasteiger partial charge in [0.15, 0.2) is 6.61 Å². The van der Waals surface area contributed by atoms with Crippen molar-refractivity contribution in [1.82, 2.24) is 9.62 Å². The number of hydrogen-bond donors (Lipinski definition) is 2. The number of rotatable bonds is 4. The molecule has 1 saturated carbocycles. The zero-order valence-electron chi connectivity index (χ0n) is 15.9. The zero-order chi connectivity index (χ0) is 19.9. The number of sulfonamides is 1. The Labute approximate surface area is 164 Å². The number of anilines is 1. The molecule has 28 heavy (non-hydrogen) atoms. The number of aryl methyl sites for hydroxylation is 1. The lowest BCUT2D eigenvalue weighted by Gasteiger charge is -2.26. The topological polar surface area (TPSA) is 105 Å². The normalized spacial score (nSPS) is 23.2. The summed E-state index contributed by atoms with van der Waals surface area (Å²) in [6.45, 7) is 1.85. The third-order valence-corrected chi connectivity index (χ3v) is 7.75. The maximum atomic E-state index is 13.4. The molecule has 0 radical (unpaired) electrons. The first-order chi connectivity index (χ1) is 13.4. The van der Waals surface area contributed by atoms with E-state index >= 15 is 0 Å². The van der Waals surface area contributed by atoms with Gasteiger partial charge in [-0.25, -0.2) is 8.42 Å². The molecule has 1 aromatic rings. The number of nitrogens with zero attached hydrogens (tertiary/aromatic N) is 1. The molecule has 9 heteroatoms. The highest BCUT2D eigenvalue weighted by atomic mass is 32.2. The molecule has 1 atom stereocenters. The van der Waals surface area contributed by atoms with E-state index in [1.54, 1.807) is 13.0 Å². The second-order valence-electron chi connectivity index (χ2n) is 7.71. The number of amides is 2. The van der Waals surface area contributed by atoms with Crippen LogP contribution in [0, 0.1) is 6.92 Å². The summed E-state index contributed by atoms with van der Waals surface area (Å²) in [7, 11) is -3.86.